The Labute approximate surface area is 210 Å². The minimum absolute atomic E-state index is 0.137. The van der Waals surface area contributed by atoms with Crippen LogP contribution in [0.15, 0.2) is 36.7 Å². The van der Waals surface area contributed by atoms with Crippen LogP contribution in [0.1, 0.15) is 6.42 Å². The number of rotatable bonds is 8. The molecule has 4 rings (SSSR count). The molecular formula is C23H22Cl2N4O6. The average molecular weight is 521 g/mol. The van der Waals surface area contributed by atoms with Crippen molar-refractivity contribution in [1.29, 1.82) is 0 Å². The third-order valence-corrected chi connectivity index (χ3v) is 6.06. The maximum absolute atomic E-state index is 12.1. The third-order valence-electron chi connectivity index (χ3n) is 5.32. The molecule has 0 aliphatic carbocycles. The van der Waals surface area contributed by atoms with Crippen LogP contribution in [0.2, 0.25) is 10.0 Å². The lowest BCUT2D eigenvalue weighted by atomic mass is 10.2. The van der Waals surface area contributed by atoms with E-state index in [1.165, 1.54) is 18.3 Å². The van der Waals surface area contributed by atoms with Gasteiger partial charge in [-0.15, -0.1) is 0 Å². The Hall–Kier alpha value is -3.34. The summed E-state index contributed by atoms with van der Waals surface area (Å²) in [6, 6.07) is 8.65. The van der Waals surface area contributed by atoms with Crippen LogP contribution in [0, 0.1) is 0 Å². The largest absolute Gasteiger partial charge is 0.493 e. The predicted molar refractivity (Wildman–Crippen MR) is 130 cm³/mol. The number of anilines is 2. The van der Waals surface area contributed by atoms with Crippen LogP contribution in [0.5, 0.6) is 11.5 Å². The maximum atomic E-state index is 12.1. The number of halogens is 2. The summed E-state index contributed by atoms with van der Waals surface area (Å²) in [6.45, 7) is 1.01. The van der Waals surface area contributed by atoms with Gasteiger partial charge in [0.2, 0.25) is 5.91 Å². The van der Waals surface area contributed by atoms with Gasteiger partial charge in [0.15, 0.2) is 11.5 Å². The summed E-state index contributed by atoms with van der Waals surface area (Å²) in [6.07, 6.45) is 0.457. The molecule has 0 bridgehead atoms. The SMILES string of the molecule is COc1cc2c(Nc3ccc(Cl)c(Cl)c3)ncnc2cc1OCC1CN(C(=O)CC(=O)O)CCO1. The normalized spacial score (nSPS) is 15.6. The van der Waals surface area contributed by atoms with E-state index in [-0.39, 0.29) is 13.2 Å². The summed E-state index contributed by atoms with van der Waals surface area (Å²) in [7, 11) is 1.52. The van der Waals surface area contributed by atoms with Gasteiger partial charge in [0, 0.05) is 23.7 Å². The van der Waals surface area contributed by atoms with Gasteiger partial charge in [0.05, 0.1) is 35.8 Å². The summed E-state index contributed by atoms with van der Waals surface area (Å²) in [5.41, 5.74) is 1.32. The number of hydrogen-bond donors (Lipinski definition) is 2. The molecule has 184 valence electrons. The van der Waals surface area contributed by atoms with E-state index in [1.807, 2.05) is 0 Å². The van der Waals surface area contributed by atoms with E-state index in [1.54, 1.807) is 30.3 Å². The zero-order valence-electron chi connectivity index (χ0n) is 18.7. The van der Waals surface area contributed by atoms with E-state index < -0.39 is 24.4 Å². The molecule has 1 unspecified atom stereocenters. The Balaban J connectivity index is 1.50. The van der Waals surface area contributed by atoms with E-state index in [9.17, 15) is 9.59 Å². The lowest BCUT2D eigenvalue weighted by Gasteiger charge is -2.32. The quantitative estimate of drug-likeness (QED) is 0.427. The Kier molecular flexibility index (Phi) is 7.74. The molecule has 0 spiro atoms. The number of carbonyl (C=O) groups is 2. The molecule has 1 fully saturated rings. The van der Waals surface area contributed by atoms with Crippen molar-refractivity contribution in [2.45, 2.75) is 12.5 Å². The van der Waals surface area contributed by atoms with E-state index in [4.69, 9.17) is 42.5 Å². The van der Waals surface area contributed by atoms with E-state index in [0.29, 0.717) is 57.1 Å². The molecule has 0 saturated carbocycles. The minimum atomic E-state index is -1.16. The van der Waals surface area contributed by atoms with Gasteiger partial charge >= 0.3 is 5.97 Å². The number of aliphatic carboxylic acids is 1. The maximum Gasteiger partial charge on any atom is 0.312 e. The van der Waals surface area contributed by atoms with Crippen LogP contribution in [-0.2, 0) is 14.3 Å². The summed E-state index contributed by atoms with van der Waals surface area (Å²) >= 11 is 12.1. The number of carbonyl (C=O) groups excluding carboxylic acids is 1. The zero-order chi connectivity index (χ0) is 24.9. The third kappa shape index (κ3) is 6.02. The number of fused-ring (bicyclic) bond motifs is 1. The molecule has 1 atom stereocenters. The minimum Gasteiger partial charge on any atom is -0.493 e. The Morgan fingerprint density at radius 1 is 1.20 bits per heavy atom. The fourth-order valence-electron chi connectivity index (χ4n) is 3.62. The van der Waals surface area contributed by atoms with E-state index in [0.717, 1.165) is 0 Å². The van der Waals surface area contributed by atoms with Crippen LogP contribution < -0.4 is 14.8 Å². The number of benzene rings is 2. The second kappa shape index (κ2) is 10.9. The van der Waals surface area contributed by atoms with E-state index in [2.05, 4.69) is 15.3 Å². The van der Waals surface area contributed by atoms with Crippen molar-refractivity contribution in [3.05, 3.63) is 46.7 Å². The highest BCUT2D eigenvalue weighted by Gasteiger charge is 2.26. The van der Waals surface area contributed by atoms with Crippen LogP contribution in [0.3, 0.4) is 0 Å². The first-order valence-corrected chi connectivity index (χ1v) is 11.4. The van der Waals surface area contributed by atoms with Gasteiger partial charge in [-0.2, -0.15) is 0 Å². The molecule has 1 aromatic heterocycles. The van der Waals surface area contributed by atoms with Crippen LogP contribution >= 0.6 is 23.2 Å². The highest BCUT2D eigenvalue weighted by Crippen LogP contribution is 2.35. The number of ether oxygens (including phenoxy) is 3. The van der Waals surface area contributed by atoms with Gasteiger partial charge < -0.3 is 29.5 Å². The molecule has 2 aromatic carbocycles. The first kappa shape index (κ1) is 24.8. The number of morpholine rings is 1. The molecule has 35 heavy (non-hydrogen) atoms. The molecular weight excluding hydrogens is 499 g/mol. The van der Waals surface area contributed by atoms with Crippen LogP contribution in [-0.4, -0.2) is 71.4 Å². The fraction of sp³-hybridized carbons (Fsp3) is 0.304. The summed E-state index contributed by atoms with van der Waals surface area (Å²) in [4.78, 5) is 33.0. The van der Waals surface area contributed by atoms with Crippen LogP contribution in [0.4, 0.5) is 11.5 Å². The first-order valence-electron chi connectivity index (χ1n) is 10.6. The van der Waals surface area contributed by atoms with Crippen molar-refractivity contribution in [3.63, 3.8) is 0 Å². The Morgan fingerprint density at radius 2 is 2.03 bits per heavy atom. The number of carboxylic acids is 1. The fourth-order valence-corrected chi connectivity index (χ4v) is 3.92. The molecule has 0 radical (unpaired) electrons. The number of aromatic nitrogens is 2. The number of hydrogen-bond acceptors (Lipinski definition) is 8. The molecule has 1 aliphatic heterocycles. The number of methoxy groups -OCH3 is 1. The first-order chi connectivity index (χ1) is 16.8. The standard InChI is InChI=1S/C23H22Cl2N4O6/c1-33-19-7-15-18(26-12-27-23(15)28-13-2-3-16(24)17(25)6-13)8-20(19)35-11-14-10-29(4-5-34-14)21(30)9-22(31)32/h2-3,6-8,12,14H,4-5,9-11H2,1H3,(H,31,32)(H,26,27,28). The Bertz CT molecular complexity index is 1260. The summed E-state index contributed by atoms with van der Waals surface area (Å²) in [5.74, 6) is -0.171. The van der Waals surface area contributed by atoms with Crippen molar-refractivity contribution in [2.75, 3.05) is 38.7 Å². The van der Waals surface area contributed by atoms with Gasteiger partial charge in [-0.25, -0.2) is 9.97 Å². The lowest BCUT2D eigenvalue weighted by Crippen LogP contribution is -2.48. The van der Waals surface area contributed by atoms with E-state index >= 15 is 0 Å². The van der Waals surface area contributed by atoms with Gasteiger partial charge in [-0.05, 0) is 24.3 Å². The highest BCUT2D eigenvalue weighted by molar-refractivity contribution is 6.42. The van der Waals surface area contributed by atoms with Gasteiger partial charge in [-0.1, -0.05) is 23.2 Å². The van der Waals surface area contributed by atoms with Crippen molar-refractivity contribution in [1.82, 2.24) is 14.9 Å². The molecule has 2 N–H and O–H groups in total. The van der Waals surface area contributed by atoms with Gasteiger partial charge in [-0.3, -0.25) is 9.59 Å². The second-order valence-corrected chi connectivity index (χ2v) is 8.52. The smallest absolute Gasteiger partial charge is 0.312 e. The molecule has 1 aliphatic rings. The average Bonchev–Trinajstić information content (AvgIpc) is 2.84. The molecule has 1 saturated heterocycles. The van der Waals surface area contributed by atoms with Crippen molar-refractivity contribution < 1.29 is 28.9 Å². The Morgan fingerprint density at radius 3 is 2.77 bits per heavy atom. The molecule has 10 nitrogen and oxygen atoms in total. The second-order valence-electron chi connectivity index (χ2n) is 7.71. The van der Waals surface area contributed by atoms with Crippen molar-refractivity contribution in [2.24, 2.45) is 0 Å². The zero-order valence-corrected chi connectivity index (χ0v) is 20.2. The number of nitrogens with zero attached hydrogens (tertiary/aromatic N) is 3. The summed E-state index contributed by atoms with van der Waals surface area (Å²) < 4.78 is 17.2. The molecule has 1 amide bonds. The number of amides is 1. The lowest BCUT2D eigenvalue weighted by molar-refractivity contribution is -0.148. The predicted octanol–water partition coefficient (Wildman–Crippen LogP) is 3.77. The van der Waals surface area contributed by atoms with Gasteiger partial charge in [0.25, 0.3) is 0 Å². The van der Waals surface area contributed by atoms with Gasteiger partial charge in [0.1, 0.15) is 31.3 Å². The van der Waals surface area contributed by atoms with Crippen LogP contribution in [0.25, 0.3) is 10.9 Å². The monoisotopic (exact) mass is 520 g/mol. The highest BCUT2D eigenvalue weighted by atomic mass is 35.5. The molecule has 2 heterocycles. The number of carboxylic acid groups (broad SMARTS) is 1. The van der Waals surface area contributed by atoms with Crippen molar-refractivity contribution in [3.8, 4) is 11.5 Å². The summed E-state index contributed by atoms with van der Waals surface area (Å²) in [5, 5.41) is 13.6. The number of nitrogens with one attached hydrogen (secondary N) is 1. The molecule has 12 heteroatoms. The topological polar surface area (TPSA) is 123 Å². The molecule has 3 aromatic rings. The van der Waals surface area contributed by atoms with Crippen molar-refractivity contribution >= 4 is 57.5 Å².